The molecule has 70 valence electrons. The van der Waals surface area contributed by atoms with Gasteiger partial charge in [0.25, 0.3) is 0 Å². The molecule has 0 aromatic heterocycles. The zero-order chi connectivity index (χ0) is 8.97. The van der Waals surface area contributed by atoms with E-state index in [0.29, 0.717) is 0 Å². The summed E-state index contributed by atoms with van der Waals surface area (Å²) >= 11 is 0. The third-order valence-corrected chi connectivity index (χ3v) is 2.06. The molecule has 1 saturated heterocycles. The van der Waals surface area contributed by atoms with Crippen molar-refractivity contribution in [3.63, 3.8) is 0 Å². The molecule has 0 amide bonds. The highest BCUT2D eigenvalue weighted by Gasteiger charge is 2.10. The Hall–Kier alpha value is -0.540. The average Bonchev–Trinajstić information content (AvgIpc) is 2.05. The van der Waals surface area contributed by atoms with Crippen molar-refractivity contribution in [1.82, 2.24) is 15.1 Å². The fourth-order valence-electron chi connectivity index (χ4n) is 1.45. The first kappa shape index (κ1) is 9.55. The highest BCUT2D eigenvalue weighted by atomic mass is 15.2. The number of nitrogens with one attached hydrogen (secondary N) is 1. The predicted molar refractivity (Wildman–Crippen MR) is 52.1 cm³/mol. The maximum atomic E-state index is 4.08. The van der Waals surface area contributed by atoms with Gasteiger partial charge in [-0.3, -0.25) is 0 Å². The van der Waals surface area contributed by atoms with E-state index in [2.05, 4.69) is 35.8 Å². The molecule has 0 saturated carbocycles. The molecule has 0 unspecified atom stereocenters. The van der Waals surface area contributed by atoms with Crippen LogP contribution in [0.3, 0.4) is 0 Å². The molecule has 3 nitrogen and oxygen atoms in total. The highest BCUT2D eigenvalue weighted by molar-refractivity contribution is 4.97. The van der Waals surface area contributed by atoms with Crippen molar-refractivity contribution in [2.24, 2.45) is 0 Å². The summed E-state index contributed by atoms with van der Waals surface area (Å²) in [6.07, 6.45) is 0. The molecule has 0 aliphatic carbocycles. The van der Waals surface area contributed by atoms with Crippen LogP contribution in [0.4, 0.5) is 0 Å². The van der Waals surface area contributed by atoms with E-state index in [-0.39, 0.29) is 0 Å². The molecule has 0 aromatic carbocycles. The Labute approximate surface area is 75.0 Å². The maximum Gasteiger partial charge on any atom is 0.0371 e. The number of nitrogens with zero attached hydrogens (tertiary/aromatic N) is 2. The monoisotopic (exact) mass is 169 g/mol. The molecular formula is C9H19N3. The minimum absolute atomic E-state index is 0.972. The normalized spacial score (nSPS) is 18.4. The molecule has 1 aliphatic rings. The number of piperazine rings is 1. The maximum absolute atomic E-state index is 4.08. The molecule has 0 atom stereocenters. The van der Waals surface area contributed by atoms with Gasteiger partial charge in [0.05, 0.1) is 0 Å². The fraction of sp³-hybridized carbons (Fsp3) is 0.778. The third kappa shape index (κ3) is 2.83. The van der Waals surface area contributed by atoms with Crippen LogP contribution >= 0.6 is 0 Å². The van der Waals surface area contributed by atoms with Gasteiger partial charge in [0.1, 0.15) is 0 Å². The van der Waals surface area contributed by atoms with E-state index in [1.54, 1.807) is 0 Å². The second kappa shape index (κ2) is 4.48. The van der Waals surface area contributed by atoms with E-state index in [4.69, 9.17) is 0 Å². The van der Waals surface area contributed by atoms with Crippen molar-refractivity contribution in [2.75, 3.05) is 46.8 Å². The molecule has 3 heteroatoms. The van der Waals surface area contributed by atoms with Crippen molar-refractivity contribution >= 4 is 0 Å². The van der Waals surface area contributed by atoms with Gasteiger partial charge in [0, 0.05) is 38.4 Å². The van der Waals surface area contributed by atoms with Gasteiger partial charge in [-0.2, -0.15) is 0 Å². The van der Waals surface area contributed by atoms with Crippen LogP contribution in [-0.2, 0) is 0 Å². The first-order valence-corrected chi connectivity index (χ1v) is 4.48. The number of likely N-dealkylation sites (N-methyl/N-ethyl adjacent to an activating group) is 1. The smallest absolute Gasteiger partial charge is 0.0371 e. The summed E-state index contributed by atoms with van der Waals surface area (Å²) in [5, 5.41) is 3.33. The second-order valence-corrected chi connectivity index (χ2v) is 3.54. The first-order valence-electron chi connectivity index (χ1n) is 4.48. The van der Waals surface area contributed by atoms with Gasteiger partial charge in [-0.15, -0.1) is 0 Å². The first-order chi connectivity index (χ1) is 5.70. The lowest BCUT2D eigenvalue weighted by atomic mass is 10.3. The summed E-state index contributed by atoms with van der Waals surface area (Å²) in [4.78, 5) is 4.51. The van der Waals surface area contributed by atoms with Crippen LogP contribution in [0.25, 0.3) is 0 Å². The molecule has 0 aromatic rings. The SMILES string of the molecule is C=C(CN(C)C)N1CCNCC1. The van der Waals surface area contributed by atoms with Crippen molar-refractivity contribution in [3.8, 4) is 0 Å². The standard InChI is InChI=1S/C9H19N3/c1-9(8-11(2)3)12-6-4-10-5-7-12/h10H,1,4-8H2,2-3H3. The van der Waals surface area contributed by atoms with Gasteiger partial charge in [-0.25, -0.2) is 0 Å². The lowest BCUT2D eigenvalue weighted by molar-refractivity contribution is 0.272. The predicted octanol–water partition coefficient (Wildman–Crippen LogP) is -0.0331. The van der Waals surface area contributed by atoms with Crippen LogP contribution in [-0.4, -0.2) is 56.6 Å². The van der Waals surface area contributed by atoms with Gasteiger partial charge < -0.3 is 15.1 Å². The van der Waals surface area contributed by atoms with Crippen LogP contribution in [0.5, 0.6) is 0 Å². The van der Waals surface area contributed by atoms with E-state index >= 15 is 0 Å². The number of hydrogen-bond acceptors (Lipinski definition) is 3. The molecule has 1 fully saturated rings. The third-order valence-electron chi connectivity index (χ3n) is 2.06. The van der Waals surface area contributed by atoms with E-state index in [1.807, 2.05) is 0 Å². The Morgan fingerprint density at radius 3 is 2.50 bits per heavy atom. The molecule has 1 N–H and O–H groups in total. The average molecular weight is 169 g/mol. The highest BCUT2D eigenvalue weighted by Crippen LogP contribution is 2.03. The Morgan fingerprint density at radius 2 is 2.00 bits per heavy atom. The molecule has 1 heterocycles. The Kier molecular flexibility index (Phi) is 3.56. The summed E-state index contributed by atoms with van der Waals surface area (Å²) in [5.74, 6) is 0. The Morgan fingerprint density at radius 1 is 1.42 bits per heavy atom. The quantitative estimate of drug-likeness (QED) is 0.640. The zero-order valence-electron chi connectivity index (χ0n) is 8.14. The number of hydrogen-bond donors (Lipinski definition) is 1. The van der Waals surface area contributed by atoms with Crippen molar-refractivity contribution in [2.45, 2.75) is 0 Å². The molecule has 0 bridgehead atoms. The minimum atomic E-state index is 0.972. The molecule has 12 heavy (non-hydrogen) atoms. The largest absolute Gasteiger partial charge is 0.372 e. The summed E-state index contributed by atoms with van der Waals surface area (Å²) in [6, 6.07) is 0. The van der Waals surface area contributed by atoms with Gasteiger partial charge >= 0.3 is 0 Å². The lowest BCUT2D eigenvalue weighted by Gasteiger charge is -2.32. The summed E-state index contributed by atoms with van der Waals surface area (Å²) in [5.41, 5.74) is 1.24. The Balaban J connectivity index is 2.30. The summed E-state index contributed by atoms with van der Waals surface area (Å²) in [7, 11) is 4.15. The lowest BCUT2D eigenvalue weighted by Crippen LogP contribution is -2.44. The van der Waals surface area contributed by atoms with Crippen molar-refractivity contribution in [1.29, 1.82) is 0 Å². The van der Waals surface area contributed by atoms with Crippen LogP contribution in [0.1, 0.15) is 0 Å². The Bertz CT molecular complexity index is 148. The van der Waals surface area contributed by atoms with Crippen molar-refractivity contribution in [3.05, 3.63) is 12.3 Å². The zero-order valence-corrected chi connectivity index (χ0v) is 8.14. The van der Waals surface area contributed by atoms with Crippen LogP contribution in [0.2, 0.25) is 0 Å². The van der Waals surface area contributed by atoms with Crippen LogP contribution in [0.15, 0.2) is 12.3 Å². The van der Waals surface area contributed by atoms with E-state index < -0.39 is 0 Å². The van der Waals surface area contributed by atoms with E-state index in [1.165, 1.54) is 5.70 Å². The summed E-state index contributed by atoms with van der Waals surface area (Å²) < 4.78 is 0. The van der Waals surface area contributed by atoms with E-state index in [0.717, 1.165) is 32.7 Å². The topological polar surface area (TPSA) is 18.5 Å². The molecule has 1 rings (SSSR count). The number of rotatable bonds is 3. The van der Waals surface area contributed by atoms with Crippen LogP contribution < -0.4 is 5.32 Å². The van der Waals surface area contributed by atoms with Crippen LogP contribution in [0, 0.1) is 0 Å². The minimum Gasteiger partial charge on any atom is -0.372 e. The fourth-order valence-corrected chi connectivity index (χ4v) is 1.45. The molecule has 0 spiro atoms. The van der Waals surface area contributed by atoms with Gasteiger partial charge in [0.2, 0.25) is 0 Å². The van der Waals surface area contributed by atoms with E-state index in [9.17, 15) is 0 Å². The molecule has 1 aliphatic heterocycles. The molecular weight excluding hydrogens is 150 g/mol. The van der Waals surface area contributed by atoms with Gasteiger partial charge in [0.15, 0.2) is 0 Å². The second-order valence-electron chi connectivity index (χ2n) is 3.54. The van der Waals surface area contributed by atoms with Crippen molar-refractivity contribution < 1.29 is 0 Å². The van der Waals surface area contributed by atoms with Gasteiger partial charge in [-0.05, 0) is 14.1 Å². The summed E-state index contributed by atoms with van der Waals surface area (Å²) in [6.45, 7) is 9.43. The van der Waals surface area contributed by atoms with Gasteiger partial charge in [-0.1, -0.05) is 6.58 Å². The molecule has 0 radical (unpaired) electrons.